The lowest BCUT2D eigenvalue weighted by molar-refractivity contribution is 0.0599. The van der Waals surface area contributed by atoms with Crippen molar-refractivity contribution in [3.05, 3.63) is 53.1 Å². The predicted molar refractivity (Wildman–Crippen MR) is 101 cm³/mol. The van der Waals surface area contributed by atoms with E-state index in [9.17, 15) is 13.2 Å². The largest absolute Gasteiger partial charge is 0.497 e. The summed E-state index contributed by atoms with van der Waals surface area (Å²) in [5, 5.41) is 0. The van der Waals surface area contributed by atoms with Crippen molar-refractivity contribution < 1.29 is 27.4 Å². The summed E-state index contributed by atoms with van der Waals surface area (Å²) in [6, 6.07) is 8.87. The van der Waals surface area contributed by atoms with E-state index in [4.69, 9.17) is 14.2 Å². The molecule has 1 unspecified atom stereocenters. The highest BCUT2D eigenvalue weighted by Gasteiger charge is 2.23. The summed E-state index contributed by atoms with van der Waals surface area (Å²) in [5.41, 5.74) is 1.45. The lowest BCUT2D eigenvalue weighted by atomic mass is 10.1. The van der Waals surface area contributed by atoms with Crippen molar-refractivity contribution in [1.82, 2.24) is 4.72 Å². The number of benzene rings is 2. The van der Waals surface area contributed by atoms with Crippen LogP contribution in [-0.4, -0.2) is 35.7 Å². The fourth-order valence-electron chi connectivity index (χ4n) is 2.64. The molecule has 2 aromatic rings. The van der Waals surface area contributed by atoms with Crippen molar-refractivity contribution in [2.75, 3.05) is 21.3 Å². The second-order valence-electron chi connectivity index (χ2n) is 5.92. The third-order valence-corrected chi connectivity index (χ3v) is 5.70. The Morgan fingerprint density at radius 3 is 2.33 bits per heavy atom. The van der Waals surface area contributed by atoms with Crippen LogP contribution in [-0.2, 0) is 14.8 Å². The fourth-order valence-corrected chi connectivity index (χ4v) is 3.89. The Hall–Kier alpha value is -2.58. The SMILES string of the molecule is COC(=O)c1cc(S(=O)(=O)NC(C)c2cc(OC)ccc2OC)ccc1C. The lowest BCUT2D eigenvalue weighted by Gasteiger charge is -2.18. The van der Waals surface area contributed by atoms with Crippen LogP contribution in [0.4, 0.5) is 0 Å². The monoisotopic (exact) mass is 393 g/mol. The van der Waals surface area contributed by atoms with Crippen LogP contribution in [0.15, 0.2) is 41.3 Å². The molecule has 146 valence electrons. The van der Waals surface area contributed by atoms with Gasteiger partial charge in [-0.25, -0.2) is 17.9 Å². The number of nitrogens with one attached hydrogen (secondary N) is 1. The van der Waals surface area contributed by atoms with E-state index in [-0.39, 0.29) is 10.5 Å². The molecule has 0 fully saturated rings. The summed E-state index contributed by atoms with van der Waals surface area (Å²) in [4.78, 5) is 11.8. The minimum atomic E-state index is -3.89. The molecule has 1 atom stereocenters. The predicted octanol–water partition coefficient (Wildman–Crippen LogP) is 2.84. The maximum atomic E-state index is 12.8. The third-order valence-electron chi connectivity index (χ3n) is 4.16. The van der Waals surface area contributed by atoms with Crippen LogP contribution >= 0.6 is 0 Å². The molecule has 0 aliphatic heterocycles. The minimum absolute atomic E-state index is 0.0257. The number of sulfonamides is 1. The molecule has 0 bridgehead atoms. The van der Waals surface area contributed by atoms with E-state index in [1.807, 2.05) is 0 Å². The summed E-state index contributed by atoms with van der Waals surface area (Å²) in [6.07, 6.45) is 0. The van der Waals surface area contributed by atoms with Gasteiger partial charge in [0.05, 0.1) is 31.8 Å². The van der Waals surface area contributed by atoms with Gasteiger partial charge in [-0.05, 0) is 49.7 Å². The van der Waals surface area contributed by atoms with Gasteiger partial charge in [-0.15, -0.1) is 0 Å². The van der Waals surface area contributed by atoms with Gasteiger partial charge >= 0.3 is 5.97 Å². The number of rotatable bonds is 7. The van der Waals surface area contributed by atoms with Crippen LogP contribution in [0.3, 0.4) is 0 Å². The van der Waals surface area contributed by atoms with E-state index in [2.05, 4.69) is 4.72 Å². The maximum absolute atomic E-state index is 12.8. The first-order valence-corrected chi connectivity index (χ1v) is 9.65. The maximum Gasteiger partial charge on any atom is 0.338 e. The van der Waals surface area contributed by atoms with Gasteiger partial charge in [-0.3, -0.25) is 0 Å². The topological polar surface area (TPSA) is 90.9 Å². The van der Waals surface area contributed by atoms with Crippen LogP contribution < -0.4 is 14.2 Å². The number of esters is 1. The molecule has 0 aliphatic rings. The van der Waals surface area contributed by atoms with E-state index >= 15 is 0 Å². The normalized spacial score (nSPS) is 12.3. The van der Waals surface area contributed by atoms with E-state index in [1.165, 1.54) is 33.5 Å². The first-order chi connectivity index (χ1) is 12.7. The molecule has 2 rings (SSSR count). The first kappa shape index (κ1) is 20.7. The van der Waals surface area contributed by atoms with Gasteiger partial charge in [0.2, 0.25) is 10.0 Å². The Balaban J connectivity index is 2.38. The van der Waals surface area contributed by atoms with Gasteiger partial charge in [-0.2, -0.15) is 0 Å². The zero-order valence-electron chi connectivity index (χ0n) is 15.9. The molecule has 7 nitrogen and oxygen atoms in total. The van der Waals surface area contributed by atoms with Crippen LogP contribution in [0, 0.1) is 6.92 Å². The molecule has 0 saturated heterocycles. The fraction of sp³-hybridized carbons (Fsp3) is 0.316. The van der Waals surface area contributed by atoms with E-state index in [1.54, 1.807) is 38.1 Å². The second kappa shape index (κ2) is 8.41. The lowest BCUT2D eigenvalue weighted by Crippen LogP contribution is -2.27. The molecule has 0 aliphatic carbocycles. The van der Waals surface area contributed by atoms with Gasteiger partial charge in [0.15, 0.2) is 0 Å². The number of hydrogen-bond acceptors (Lipinski definition) is 6. The molecule has 8 heteroatoms. The summed E-state index contributed by atoms with van der Waals surface area (Å²) < 4.78 is 43.4. The molecular weight excluding hydrogens is 370 g/mol. The highest BCUT2D eigenvalue weighted by molar-refractivity contribution is 7.89. The zero-order valence-corrected chi connectivity index (χ0v) is 16.7. The summed E-state index contributed by atoms with van der Waals surface area (Å²) in [6.45, 7) is 3.41. The first-order valence-electron chi connectivity index (χ1n) is 8.16. The zero-order chi connectivity index (χ0) is 20.2. The number of ether oxygens (including phenoxy) is 3. The summed E-state index contributed by atoms with van der Waals surface area (Å²) in [7, 11) is 0.399. The van der Waals surface area contributed by atoms with Crippen LogP contribution in [0.2, 0.25) is 0 Å². The Morgan fingerprint density at radius 2 is 1.74 bits per heavy atom. The van der Waals surface area contributed by atoms with Crippen LogP contribution in [0.1, 0.15) is 34.5 Å². The molecule has 27 heavy (non-hydrogen) atoms. The molecule has 1 N–H and O–H groups in total. The quantitative estimate of drug-likeness (QED) is 0.728. The molecule has 0 spiro atoms. The number of hydrogen-bond donors (Lipinski definition) is 1. The van der Waals surface area contributed by atoms with E-state index in [0.29, 0.717) is 22.6 Å². The van der Waals surface area contributed by atoms with Gasteiger partial charge in [0.25, 0.3) is 0 Å². The van der Waals surface area contributed by atoms with Crippen LogP contribution in [0.25, 0.3) is 0 Å². The van der Waals surface area contributed by atoms with E-state index < -0.39 is 22.0 Å². The van der Waals surface area contributed by atoms with Crippen molar-refractivity contribution in [2.24, 2.45) is 0 Å². The van der Waals surface area contributed by atoms with Crippen LogP contribution in [0.5, 0.6) is 11.5 Å². The summed E-state index contributed by atoms with van der Waals surface area (Å²) in [5.74, 6) is 0.525. The average Bonchev–Trinajstić information content (AvgIpc) is 2.66. The molecule has 2 aromatic carbocycles. The minimum Gasteiger partial charge on any atom is -0.497 e. The second-order valence-corrected chi connectivity index (χ2v) is 7.63. The average molecular weight is 393 g/mol. The van der Waals surface area contributed by atoms with Crippen molar-refractivity contribution in [3.63, 3.8) is 0 Å². The van der Waals surface area contributed by atoms with Crippen molar-refractivity contribution in [1.29, 1.82) is 0 Å². The number of carbonyl (C=O) groups excluding carboxylic acids is 1. The van der Waals surface area contributed by atoms with Gasteiger partial charge in [0.1, 0.15) is 11.5 Å². The highest BCUT2D eigenvalue weighted by atomic mass is 32.2. The summed E-state index contributed by atoms with van der Waals surface area (Å²) >= 11 is 0. The van der Waals surface area contributed by atoms with Gasteiger partial charge < -0.3 is 14.2 Å². The third kappa shape index (κ3) is 4.58. The van der Waals surface area contributed by atoms with Crippen molar-refractivity contribution in [2.45, 2.75) is 24.8 Å². The molecule has 0 radical (unpaired) electrons. The molecule has 0 amide bonds. The Morgan fingerprint density at radius 1 is 1.04 bits per heavy atom. The van der Waals surface area contributed by atoms with Gasteiger partial charge in [-0.1, -0.05) is 6.07 Å². The number of methoxy groups -OCH3 is 3. The highest BCUT2D eigenvalue weighted by Crippen LogP contribution is 2.30. The van der Waals surface area contributed by atoms with Crippen molar-refractivity contribution in [3.8, 4) is 11.5 Å². The Bertz CT molecular complexity index is 939. The van der Waals surface area contributed by atoms with Gasteiger partial charge in [0, 0.05) is 11.6 Å². The standard InChI is InChI=1S/C19H23NO6S/c1-12-6-8-15(11-16(12)19(21)26-5)27(22,23)20-13(2)17-10-14(24-3)7-9-18(17)25-4/h6-11,13,20H,1-5H3. The molecular formula is C19H23NO6S. The number of aryl methyl sites for hydroxylation is 1. The number of carbonyl (C=O) groups is 1. The molecule has 0 heterocycles. The van der Waals surface area contributed by atoms with E-state index in [0.717, 1.165) is 0 Å². The molecule has 0 aromatic heterocycles. The molecule has 0 saturated carbocycles. The smallest absolute Gasteiger partial charge is 0.338 e. The Kier molecular flexibility index (Phi) is 6.45. The van der Waals surface area contributed by atoms with Crippen molar-refractivity contribution >= 4 is 16.0 Å². The Labute approximate surface area is 159 Å².